The van der Waals surface area contributed by atoms with E-state index in [0.29, 0.717) is 11.1 Å². The van der Waals surface area contributed by atoms with Crippen molar-refractivity contribution >= 4 is 10.8 Å². The zero-order valence-electron chi connectivity index (χ0n) is 9.64. The van der Waals surface area contributed by atoms with E-state index in [4.69, 9.17) is 0 Å². The van der Waals surface area contributed by atoms with Gasteiger partial charge in [0.05, 0.1) is 10.8 Å². The van der Waals surface area contributed by atoms with Crippen LogP contribution in [-0.4, -0.2) is 14.4 Å². The third-order valence-corrected chi connectivity index (χ3v) is 4.03. The zero-order chi connectivity index (χ0) is 13.0. The smallest absolute Gasteiger partial charge is 0.157 e. The lowest BCUT2D eigenvalue weighted by Crippen LogP contribution is -2.13. The maximum atomic E-state index is 12.1. The molecule has 2 rings (SSSR count). The van der Waals surface area contributed by atoms with Gasteiger partial charge in [-0.3, -0.25) is 4.21 Å². The summed E-state index contributed by atoms with van der Waals surface area (Å²) in [5.41, 5.74) is -1.32. The van der Waals surface area contributed by atoms with Gasteiger partial charge < -0.3 is 10.2 Å². The summed E-state index contributed by atoms with van der Waals surface area (Å²) in [6.45, 7) is 0. The quantitative estimate of drug-likeness (QED) is 0.887. The first-order valence-electron chi connectivity index (χ1n) is 5.55. The molecule has 94 valence electrons. The molecule has 0 fully saturated rings. The average molecular weight is 262 g/mol. The van der Waals surface area contributed by atoms with Crippen molar-refractivity contribution < 1.29 is 14.4 Å². The highest BCUT2D eigenvalue weighted by molar-refractivity contribution is 7.85. The molecule has 3 nitrogen and oxygen atoms in total. The number of hydrogen-bond acceptors (Lipinski definition) is 3. The van der Waals surface area contributed by atoms with E-state index >= 15 is 0 Å². The van der Waals surface area contributed by atoms with E-state index in [1.54, 1.807) is 48.5 Å². The minimum atomic E-state index is -1.80. The maximum absolute atomic E-state index is 12.1. The van der Waals surface area contributed by atoms with Crippen LogP contribution in [0, 0.1) is 0 Å². The summed E-state index contributed by atoms with van der Waals surface area (Å²) < 4.78 is 12.1. The predicted molar refractivity (Wildman–Crippen MR) is 70.9 cm³/mol. The standard InChI is InChI=1S/C14H14O3S/c15-13(11-7-3-1-4-8-11)18(17)14(16)12-9-5-2-6-10-12/h1-10,13-16H. The molecule has 0 saturated carbocycles. The molecule has 0 spiro atoms. The number of benzene rings is 2. The second-order valence-electron chi connectivity index (χ2n) is 3.85. The van der Waals surface area contributed by atoms with Gasteiger partial charge in [-0.2, -0.15) is 0 Å². The highest BCUT2D eigenvalue weighted by Gasteiger charge is 2.24. The van der Waals surface area contributed by atoms with Crippen LogP contribution >= 0.6 is 0 Å². The number of aliphatic hydroxyl groups is 2. The van der Waals surface area contributed by atoms with Crippen molar-refractivity contribution in [3.8, 4) is 0 Å². The molecule has 0 amide bonds. The Bertz CT molecular complexity index is 466. The van der Waals surface area contributed by atoms with Crippen LogP contribution in [0.5, 0.6) is 0 Å². The lowest BCUT2D eigenvalue weighted by Gasteiger charge is -2.16. The van der Waals surface area contributed by atoms with Crippen molar-refractivity contribution in [1.29, 1.82) is 0 Å². The topological polar surface area (TPSA) is 57.5 Å². The molecule has 2 atom stereocenters. The molecule has 0 aliphatic carbocycles. The van der Waals surface area contributed by atoms with Crippen LogP contribution in [0.4, 0.5) is 0 Å². The van der Waals surface area contributed by atoms with Crippen LogP contribution in [0.1, 0.15) is 22.0 Å². The summed E-state index contributed by atoms with van der Waals surface area (Å²) in [6, 6.07) is 17.4. The largest absolute Gasteiger partial charge is 0.375 e. The molecule has 0 saturated heterocycles. The third kappa shape index (κ3) is 2.85. The van der Waals surface area contributed by atoms with Crippen LogP contribution in [-0.2, 0) is 10.8 Å². The first-order chi connectivity index (χ1) is 8.70. The Balaban J connectivity index is 2.17. The van der Waals surface area contributed by atoms with Crippen LogP contribution in [0.15, 0.2) is 60.7 Å². The van der Waals surface area contributed by atoms with Crippen molar-refractivity contribution in [1.82, 2.24) is 0 Å². The van der Waals surface area contributed by atoms with E-state index in [1.807, 2.05) is 12.1 Å². The van der Waals surface area contributed by atoms with Crippen LogP contribution in [0.3, 0.4) is 0 Å². The highest BCUT2D eigenvalue weighted by Crippen LogP contribution is 2.26. The van der Waals surface area contributed by atoms with E-state index in [9.17, 15) is 14.4 Å². The maximum Gasteiger partial charge on any atom is 0.157 e. The van der Waals surface area contributed by atoms with Crippen LogP contribution < -0.4 is 0 Å². The van der Waals surface area contributed by atoms with Gasteiger partial charge in [0.25, 0.3) is 0 Å². The molecule has 2 aromatic carbocycles. The van der Waals surface area contributed by atoms with Gasteiger partial charge in [0.15, 0.2) is 10.9 Å². The van der Waals surface area contributed by atoms with Crippen molar-refractivity contribution in [3.63, 3.8) is 0 Å². The molecule has 2 N–H and O–H groups in total. The van der Waals surface area contributed by atoms with Gasteiger partial charge in [0, 0.05) is 0 Å². The summed E-state index contributed by atoms with van der Waals surface area (Å²) in [6.07, 6.45) is 0. The Morgan fingerprint density at radius 1 is 0.722 bits per heavy atom. The zero-order valence-corrected chi connectivity index (χ0v) is 10.5. The Morgan fingerprint density at radius 2 is 1.06 bits per heavy atom. The molecule has 0 radical (unpaired) electrons. The second kappa shape index (κ2) is 5.91. The van der Waals surface area contributed by atoms with Crippen molar-refractivity contribution in [2.75, 3.05) is 0 Å². The number of hydrogen-bond donors (Lipinski definition) is 2. The molecule has 4 heteroatoms. The van der Waals surface area contributed by atoms with Crippen molar-refractivity contribution in [2.24, 2.45) is 0 Å². The van der Waals surface area contributed by atoms with Crippen molar-refractivity contribution in [2.45, 2.75) is 10.9 Å². The van der Waals surface area contributed by atoms with E-state index in [2.05, 4.69) is 0 Å². The predicted octanol–water partition coefficient (Wildman–Crippen LogP) is 2.12. The first-order valence-corrected chi connectivity index (χ1v) is 6.83. The molecule has 0 heterocycles. The summed E-state index contributed by atoms with van der Waals surface area (Å²) in [4.78, 5) is 0. The Labute approximate surface area is 108 Å². The van der Waals surface area contributed by atoms with E-state index in [0.717, 1.165) is 0 Å². The fourth-order valence-corrected chi connectivity index (χ4v) is 2.72. The Kier molecular flexibility index (Phi) is 4.25. The normalized spacial score (nSPS) is 15.9. The fraction of sp³-hybridized carbons (Fsp3) is 0.143. The molecule has 2 aromatic rings. The van der Waals surface area contributed by atoms with Gasteiger partial charge in [-0.1, -0.05) is 60.7 Å². The second-order valence-corrected chi connectivity index (χ2v) is 5.40. The minimum absolute atomic E-state index is 0.533. The molecule has 0 aromatic heterocycles. The van der Waals surface area contributed by atoms with Gasteiger partial charge in [-0.15, -0.1) is 0 Å². The van der Waals surface area contributed by atoms with Gasteiger partial charge in [0.1, 0.15) is 0 Å². The van der Waals surface area contributed by atoms with Gasteiger partial charge in [-0.05, 0) is 11.1 Å². The SMILES string of the molecule is O=S(C(O)c1ccccc1)C(O)c1ccccc1. The monoisotopic (exact) mass is 262 g/mol. The third-order valence-electron chi connectivity index (χ3n) is 2.61. The van der Waals surface area contributed by atoms with E-state index in [1.165, 1.54) is 0 Å². The molecular formula is C14H14O3S. The summed E-state index contributed by atoms with van der Waals surface area (Å²) in [5, 5.41) is 19.9. The van der Waals surface area contributed by atoms with Crippen LogP contribution in [0.2, 0.25) is 0 Å². The number of rotatable bonds is 4. The highest BCUT2D eigenvalue weighted by atomic mass is 32.2. The Morgan fingerprint density at radius 3 is 1.39 bits per heavy atom. The van der Waals surface area contributed by atoms with Crippen LogP contribution in [0.25, 0.3) is 0 Å². The molecular weight excluding hydrogens is 248 g/mol. The summed E-state index contributed by atoms with van der Waals surface area (Å²) >= 11 is 0. The van der Waals surface area contributed by atoms with Gasteiger partial charge >= 0.3 is 0 Å². The van der Waals surface area contributed by atoms with E-state index < -0.39 is 21.7 Å². The summed E-state index contributed by atoms with van der Waals surface area (Å²) in [7, 11) is -1.80. The van der Waals surface area contributed by atoms with Crippen molar-refractivity contribution in [3.05, 3.63) is 71.8 Å². The lowest BCUT2D eigenvalue weighted by molar-refractivity contribution is 0.228. The fourth-order valence-electron chi connectivity index (χ4n) is 1.63. The van der Waals surface area contributed by atoms with Gasteiger partial charge in [-0.25, -0.2) is 0 Å². The van der Waals surface area contributed by atoms with Gasteiger partial charge in [0.2, 0.25) is 0 Å². The first kappa shape index (κ1) is 13.0. The average Bonchev–Trinajstić information content (AvgIpc) is 2.47. The number of aliphatic hydroxyl groups excluding tert-OH is 2. The lowest BCUT2D eigenvalue weighted by atomic mass is 10.2. The molecule has 0 aliphatic heterocycles. The Hall–Kier alpha value is -1.49. The molecule has 18 heavy (non-hydrogen) atoms. The molecule has 2 unspecified atom stereocenters. The van der Waals surface area contributed by atoms with E-state index in [-0.39, 0.29) is 0 Å². The minimum Gasteiger partial charge on any atom is -0.375 e. The summed E-state index contributed by atoms with van der Waals surface area (Å²) in [5.74, 6) is 0. The molecule has 0 bridgehead atoms. The molecule has 0 aliphatic rings.